The van der Waals surface area contributed by atoms with Crippen molar-refractivity contribution in [3.8, 4) is 5.75 Å². The second kappa shape index (κ2) is 14.1. The Bertz CT molecular complexity index is 1360. The lowest BCUT2D eigenvalue weighted by Crippen LogP contribution is -2.50. The molecule has 238 valence electrons. The number of aryl methyl sites for hydroxylation is 1. The zero-order chi connectivity index (χ0) is 32.0. The fourth-order valence-corrected chi connectivity index (χ4v) is 5.44. The minimum atomic E-state index is -0.661. The lowest BCUT2D eigenvalue weighted by atomic mass is 9.90. The van der Waals surface area contributed by atoms with Gasteiger partial charge in [-0.25, -0.2) is 9.80 Å². The van der Waals surface area contributed by atoms with Gasteiger partial charge in [0.15, 0.2) is 5.78 Å². The number of carbonyl (C=O) groups is 4. The largest absolute Gasteiger partial charge is 0.495 e. The first-order valence-electron chi connectivity index (χ1n) is 15.2. The van der Waals surface area contributed by atoms with Crippen LogP contribution < -0.4 is 10.1 Å². The highest BCUT2D eigenvalue weighted by molar-refractivity contribution is 6.00. The van der Waals surface area contributed by atoms with Crippen molar-refractivity contribution in [2.45, 2.75) is 65.6 Å². The van der Waals surface area contributed by atoms with Gasteiger partial charge in [-0.3, -0.25) is 19.4 Å². The number of likely N-dealkylation sites (N-methyl/N-ethyl adjacent to an activating group) is 2. The molecular formula is C33H45N5O6. The number of methoxy groups -OCH3 is 1. The first-order chi connectivity index (χ1) is 20.9. The number of amides is 3. The Hall–Kier alpha value is -4.12. The SMILES string of the molecule is CCN(CCN(CC(=O)N(C)N1Cc2ccccc2C1)C(=O)CNc1cc2c(cc1OC)CCCC2=O)C(=O)OC(C)(C)C. The van der Waals surface area contributed by atoms with E-state index >= 15 is 0 Å². The number of ketones is 1. The molecule has 0 radical (unpaired) electrons. The Balaban J connectivity index is 1.48. The molecule has 2 aromatic carbocycles. The Morgan fingerprint density at radius 1 is 0.955 bits per heavy atom. The summed E-state index contributed by atoms with van der Waals surface area (Å²) in [6.45, 7) is 8.85. The molecule has 1 heterocycles. The predicted molar refractivity (Wildman–Crippen MR) is 167 cm³/mol. The first-order valence-corrected chi connectivity index (χ1v) is 15.2. The van der Waals surface area contributed by atoms with Gasteiger partial charge in [0.1, 0.15) is 17.9 Å². The molecule has 11 nitrogen and oxygen atoms in total. The molecule has 0 saturated heterocycles. The van der Waals surface area contributed by atoms with Crippen LogP contribution in [0.1, 0.15) is 67.6 Å². The monoisotopic (exact) mass is 607 g/mol. The summed E-state index contributed by atoms with van der Waals surface area (Å²) in [7, 11) is 3.26. The van der Waals surface area contributed by atoms with Crippen LogP contribution in [0.5, 0.6) is 5.75 Å². The number of nitrogens with one attached hydrogen (secondary N) is 1. The average molecular weight is 608 g/mol. The van der Waals surface area contributed by atoms with E-state index in [-0.39, 0.29) is 43.8 Å². The molecule has 0 fully saturated rings. The van der Waals surface area contributed by atoms with Gasteiger partial charge in [-0.15, -0.1) is 0 Å². The van der Waals surface area contributed by atoms with Gasteiger partial charge in [0.2, 0.25) is 5.91 Å². The molecule has 0 atom stereocenters. The predicted octanol–water partition coefficient (Wildman–Crippen LogP) is 4.10. The molecule has 0 spiro atoms. The highest BCUT2D eigenvalue weighted by atomic mass is 16.6. The molecule has 2 aliphatic rings. The zero-order valence-electron chi connectivity index (χ0n) is 26.8. The van der Waals surface area contributed by atoms with Gasteiger partial charge in [0.25, 0.3) is 5.91 Å². The maximum atomic E-state index is 13.7. The standard InChI is InChI=1S/C33H45N5O6/c1-7-36(32(42)44-33(2,3)4)15-16-37(22-31(41)35(5)38-20-24-11-8-9-12-25(24)21-38)30(40)19-34-27-18-26-23(17-29(27)43-6)13-10-14-28(26)39/h8-9,11-12,17-18,34H,7,10,13-16,19-22H2,1-6H3. The van der Waals surface area contributed by atoms with Crippen LogP contribution in [-0.4, -0.2) is 96.0 Å². The van der Waals surface area contributed by atoms with Gasteiger partial charge in [-0.2, -0.15) is 0 Å². The van der Waals surface area contributed by atoms with E-state index in [9.17, 15) is 19.2 Å². The van der Waals surface area contributed by atoms with Gasteiger partial charge >= 0.3 is 6.09 Å². The van der Waals surface area contributed by atoms with Gasteiger partial charge in [0, 0.05) is 51.8 Å². The molecule has 1 aliphatic carbocycles. The van der Waals surface area contributed by atoms with Crippen LogP contribution in [0.4, 0.5) is 10.5 Å². The molecule has 2 aromatic rings. The minimum Gasteiger partial charge on any atom is -0.495 e. The van der Waals surface area contributed by atoms with Crippen molar-refractivity contribution in [2.75, 3.05) is 52.2 Å². The molecule has 4 rings (SSSR count). The van der Waals surface area contributed by atoms with Crippen LogP contribution >= 0.6 is 0 Å². The van der Waals surface area contributed by atoms with Gasteiger partial charge in [0.05, 0.1) is 19.3 Å². The maximum Gasteiger partial charge on any atom is 0.410 e. The number of fused-ring (bicyclic) bond motifs is 2. The molecule has 0 aromatic heterocycles. The summed E-state index contributed by atoms with van der Waals surface area (Å²) in [5.74, 6) is 0.0416. The molecule has 0 bridgehead atoms. The number of benzene rings is 2. The van der Waals surface area contributed by atoms with Gasteiger partial charge in [-0.05, 0) is 69.4 Å². The fourth-order valence-electron chi connectivity index (χ4n) is 5.44. The summed E-state index contributed by atoms with van der Waals surface area (Å²) in [6.07, 6.45) is 1.62. The number of hydrazine groups is 1. The van der Waals surface area contributed by atoms with E-state index in [2.05, 4.69) is 5.32 Å². The average Bonchev–Trinajstić information content (AvgIpc) is 3.42. The van der Waals surface area contributed by atoms with Crippen molar-refractivity contribution in [1.29, 1.82) is 0 Å². The Labute approximate surface area is 260 Å². The number of Topliss-reactive ketones (excluding diaryl/α,β-unsaturated/α-hetero) is 1. The van der Waals surface area contributed by atoms with Crippen molar-refractivity contribution in [1.82, 2.24) is 19.8 Å². The van der Waals surface area contributed by atoms with Crippen LogP contribution in [0.25, 0.3) is 0 Å². The molecule has 3 amide bonds. The maximum absolute atomic E-state index is 13.7. The topological polar surface area (TPSA) is 112 Å². The number of hydrogen-bond donors (Lipinski definition) is 1. The summed E-state index contributed by atoms with van der Waals surface area (Å²) in [5, 5.41) is 6.64. The van der Waals surface area contributed by atoms with E-state index in [0.29, 0.717) is 43.1 Å². The number of rotatable bonds is 11. The van der Waals surface area contributed by atoms with Gasteiger partial charge in [-0.1, -0.05) is 24.3 Å². The van der Waals surface area contributed by atoms with E-state index in [0.717, 1.165) is 29.5 Å². The molecule has 11 heteroatoms. The Kier molecular flexibility index (Phi) is 10.5. The van der Waals surface area contributed by atoms with E-state index in [1.807, 2.05) is 42.3 Å². The summed E-state index contributed by atoms with van der Waals surface area (Å²) in [5.41, 5.74) is 3.79. The van der Waals surface area contributed by atoms with Gasteiger partial charge < -0.3 is 24.6 Å². The van der Waals surface area contributed by atoms with Crippen LogP contribution in [0.15, 0.2) is 36.4 Å². The zero-order valence-corrected chi connectivity index (χ0v) is 26.8. The number of hydrogen-bond acceptors (Lipinski definition) is 8. The second-order valence-electron chi connectivity index (χ2n) is 12.2. The summed E-state index contributed by atoms with van der Waals surface area (Å²) >= 11 is 0. The highest BCUT2D eigenvalue weighted by Crippen LogP contribution is 2.32. The number of nitrogens with zero attached hydrogens (tertiary/aromatic N) is 4. The van der Waals surface area contributed by atoms with Crippen LogP contribution in [0.3, 0.4) is 0 Å². The number of carbonyl (C=O) groups excluding carboxylic acids is 4. The second-order valence-corrected chi connectivity index (χ2v) is 12.2. The number of anilines is 1. The van der Waals surface area contributed by atoms with Crippen LogP contribution in [0, 0.1) is 0 Å². The minimum absolute atomic E-state index is 0.0735. The van der Waals surface area contributed by atoms with Crippen molar-refractivity contribution >= 4 is 29.4 Å². The molecule has 0 unspecified atom stereocenters. The lowest BCUT2D eigenvalue weighted by Gasteiger charge is -2.32. The third kappa shape index (κ3) is 8.07. The first kappa shape index (κ1) is 32.8. The van der Waals surface area contributed by atoms with Crippen molar-refractivity contribution < 1.29 is 28.7 Å². The summed E-state index contributed by atoms with van der Waals surface area (Å²) in [6, 6.07) is 11.7. The highest BCUT2D eigenvalue weighted by Gasteiger charge is 2.29. The van der Waals surface area contributed by atoms with E-state index in [4.69, 9.17) is 9.47 Å². The van der Waals surface area contributed by atoms with E-state index in [1.165, 1.54) is 9.80 Å². The van der Waals surface area contributed by atoms with E-state index < -0.39 is 11.7 Å². The van der Waals surface area contributed by atoms with E-state index in [1.54, 1.807) is 46.0 Å². The Morgan fingerprint density at radius 3 is 2.23 bits per heavy atom. The fraction of sp³-hybridized carbons (Fsp3) is 0.515. The van der Waals surface area contributed by atoms with Crippen LogP contribution in [0.2, 0.25) is 0 Å². The molecule has 1 aliphatic heterocycles. The summed E-state index contributed by atoms with van der Waals surface area (Å²) < 4.78 is 11.1. The molecular weight excluding hydrogens is 562 g/mol. The van der Waals surface area contributed by atoms with Crippen molar-refractivity contribution in [2.24, 2.45) is 0 Å². The third-order valence-electron chi connectivity index (χ3n) is 7.97. The smallest absolute Gasteiger partial charge is 0.410 e. The number of ether oxygens (including phenoxy) is 2. The van der Waals surface area contributed by atoms with Crippen LogP contribution in [-0.2, 0) is 33.8 Å². The van der Waals surface area contributed by atoms with Crippen molar-refractivity contribution in [3.63, 3.8) is 0 Å². The normalized spacial score (nSPS) is 14.4. The Morgan fingerprint density at radius 2 is 1.61 bits per heavy atom. The molecule has 44 heavy (non-hydrogen) atoms. The third-order valence-corrected chi connectivity index (χ3v) is 7.97. The quantitative estimate of drug-likeness (QED) is 0.407. The summed E-state index contributed by atoms with van der Waals surface area (Å²) in [4.78, 5) is 55.5. The molecule has 0 saturated carbocycles. The van der Waals surface area contributed by atoms with Crippen molar-refractivity contribution in [3.05, 3.63) is 58.7 Å². The lowest BCUT2D eigenvalue weighted by molar-refractivity contribution is -0.151. The molecule has 1 N–H and O–H groups in total.